The molecule has 2 heterocycles. The molecule has 3 aromatic rings. The van der Waals surface area contributed by atoms with Crippen molar-refractivity contribution in [3.63, 3.8) is 0 Å². The number of rotatable bonds is 7. The van der Waals surface area contributed by atoms with Crippen LogP contribution in [0.5, 0.6) is 5.75 Å². The molecule has 0 saturated heterocycles. The summed E-state index contributed by atoms with van der Waals surface area (Å²) in [6.07, 6.45) is 3.36. The van der Waals surface area contributed by atoms with Gasteiger partial charge in [0.05, 0.1) is 23.0 Å². The molecule has 0 aliphatic carbocycles. The number of hydrogen-bond donors (Lipinski definition) is 3. The number of methoxy groups -OCH3 is 1. The first-order valence-electron chi connectivity index (χ1n) is 9.11. The Labute approximate surface area is 174 Å². The van der Waals surface area contributed by atoms with Crippen LogP contribution in [0.15, 0.2) is 42.7 Å². The fourth-order valence-corrected chi connectivity index (χ4v) is 2.98. The van der Waals surface area contributed by atoms with Gasteiger partial charge in [-0.25, -0.2) is 4.98 Å². The zero-order chi connectivity index (χ0) is 21.0. The molecule has 29 heavy (non-hydrogen) atoms. The summed E-state index contributed by atoms with van der Waals surface area (Å²) in [6, 6.07) is 8.64. The number of ether oxygens (including phenoxy) is 1. The summed E-state index contributed by atoms with van der Waals surface area (Å²) < 4.78 is 4.99. The summed E-state index contributed by atoms with van der Waals surface area (Å²) in [6.45, 7) is 4.44. The number of pyridine rings is 1. The van der Waals surface area contributed by atoms with Crippen LogP contribution in [0, 0.1) is 0 Å². The second-order valence-electron chi connectivity index (χ2n) is 7.08. The van der Waals surface area contributed by atoms with E-state index in [0.29, 0.717) is 30.2 Å². The molecule has 3 rings (SSSR count). The zero-order valence-corrected chi connectivity index (χ0v) is 17.2. The smallest absolute Gasteiger partial charge is 0.233 e. The number of aromatic nitrogens is 3. The largest absolute Gasteiger partial charge is 0.506 e. The molecule has 3 N–H and O–H groups in total. The van der Waals surface area contributed by atoms with E-state index in [-0.39, 0.29) is 16.7 Å². The number of carbonyl (C=O) groups is 1. The molecule has 7 nitrogen and oxygen atoms in total. The molecule has 152 valence electrons. The van der Waals surface area contributed by atoms with Crippen molar-refractivity contribution in [2.24, 2.45) is 0 Å². The Balaban J connectivity index is 2.07. The maximum atomic E-state index is 12.7. The van der Waals surface area contributed by atoms with E-state index in [1.165, 1.54) is 0 Å². The fourth-order valence-electron chi connectivity index (χ4n) is 2.86. The summed E-state index contributed by atoms with van der Waals surface area (Å²) in [5, 5.41) is 13.2. The van der Waals surface area contributed by atoms with Crippen molar-refractivity contribution in [2.75, 3.05) is 20.3 Å². The predicted octanol–water partition coefficient (Wildman–Crippen LogP) is 3.54. The minimum Gasteiger partial charge on any atom is -0.506 e. The molecule has 1 amide bonds. The summed E-state index contributed by atoms with van der Waals surface area (Å²) in [4.78, 5) is 24.8. The van der Waals surface area contributed by atoms with Crippen molar-refractivity contribution in [1.29, 1.82) is 0 Å². The van der Waals surface area contributed by atoms with E-state index >= 15 is 0 Å². The van der Waals surface area contributed by atoms with Gasteiger partial charge < -0.3 is 20.1 Å². The highest BCUT2D eigenvalue weighted by atomic mass is 35.5. The number of phenols is 1. The number of benzene rings is 1. The Morgan fingerprint density at radius 3 is 2.62 bits per heavy atom. The third-order valence-electron chi connectivity index (χ3n) is 4.64. The minimum absolute atomic E-state index is 0.0361. The molecular formula is C21H23ClN4O3. The molecule has 0 saturated carbocycles. The predicted molar refractivity (Wildman–Crippen MR) is 112 cm³/mol. The first kappa shape index (κ1) is 20.8. The van der Waals surface area contributed by atoms with E-state index in [1.54, 1.807) is 51.6 Å². The Kier molecular flexibility index (Phi) is 6.20. The molecule has 1 aromatic carbocycles. The first-order valence-corrected chi connectivity index (χ1v) is 9.49. The van der Waals surface area contributed by atoms with Crippen LogP contribution >= 0.6 is 11.6 Å². The lowest BCUT2D eigenvalue weighted by Crippen LogP contribution is -2.42. The van der Waals surface area contributed by atoms with Gasteiger partial charge in [0, 0.05) is 37.2 Å². The van der Waals surface area contributed by atoms with Crippen LogP contribution in [-0.2, 0) is 14.9 Å². The Hall–Kier alpha value is -2.90. The zero-order valence-electron chi connectivity index (χ0n) is 16.5. The van der Waals surface area contributed by atoms with Gasteiger partial charge in [-0.2, -0.15) is 0 Å². The normalized spacial score (nSPS) is 11.4. The summed E-state index contributed by atoms with van der Waals surface area (Å²) in [7, 11) is 1.58. The van der Waals surface area contributed by atoms with Crippen molar-refractivity contribution in [3.8, 4) is 28.3 Å². The number of nitrogens with one attached hydrogen (secondary N) is 2. The lowest BCUT2D eigenvalue weighted by atomic mass is 9.91. The quantitative estimate of drug-likeness (QED) is 0.513. The van der Waals surface area contributed by atoms with Gasteiger partial charge in [0.15, 0.2) is 0 Å². The third-order valence-corrected chi connectivity index (χ3v) is 4.96. The Morgan fingerprint density at radius 1 is 1.24 bits per heavy atom. The van der Waals surface area contributed by atoms with Crippen molar-refractivity contribution in [3.05, 3.63) is 53.6 Å². The molecule has 0 unspecified atom stereocenters. The van der Waals surface area contributed by atoms with Gasteiger partial charge in [-0.05, 0) is 38.1 Å². The second kappa shape index (κ2) is 8.63. The Morgan fingerprint density at radius 2 is 1.97 bits per heavy atom. The van der Waals surface area contributed by atoms with Crippen LogP contribution in [0.3, 0.4) is 0 Å². The van der Waals surface area contributed by atoms with Gasteiger partial charge in [-0.3, -0.25) is 9.78 Å². The number of nitrogens with zero attached hydrogens (tertiary/aromatic N) is 2. The number of halogens is 1. The monoisotopic (exact) mass is 414 g/mol. The van der Waals surface area contributed by atoms with Gasteiger partial charge in [-0.15, -0.1) is 0 Å². The maximum Gasteiger partial charge on any atom is 0.233 e. The van der Waals surface area contributed by atoms with E-state index < -0.39 is 5.41 Å². The highest BCUT2D eigenvalue weighted by Crippen LogP contribution is 2.36. The molecule has 2 aromatic heterocycles. The minimum atomic E-state index is -0.914. The third kappa shape index (κ3) is 4.41. The van der Waals surface area contributed by atoms with Crippen LogP contribution in [0.25, 0.3) is 22.5 Å². The van der Waals surface area contributed by atoms with Gasteiger partial charge in [0.25, 0.3) is 0 Å². The van der Waals surface area contributed by atoms with E-state index in [0.717, 1.165) is 11.3 Å². The molecule has 8 heteroatoms. The average Bonchev–Trinajstić information content (AvgIpc) is 3.17. The number of hydrogen-bond acceptors (Lipinski definition) is 5. The molecule has 0 bridgehead atoms. The number of aromatic hydroxyl groups is 1. The number of carbonyl (C=O) groups excluding carboxylic acids is 1. The van der Waals surface area contributed by atoms with E-state index in [9.17, 15) is 9.90 Å². The van der Waals surface area contributed by atoms with Crippen molar-refractivity contribution < 1.29 is 14.6 Å². The van der Waals surface area contributed by atoms with Gasteiger partial charge in [-0.1, -0.05) is 17.7 Å². The van der Waals surface area contributed by atoms with Gasteiger partial charge in [0.1, 0.15) is 17.0 Å². The SMILES string of the molecule is COCCNC(=O)C(C)(C)c1nc(-c2ccc(Cl)c(O)c2)c(-c2ccncc2)[nH]1. The van der Waals surface area contributed by atoms with Crippen LogP contribution < -0.4 is 5.32 Å². The number of phenolic OH excluding ortho intramolecular Hbond substituents is 1. The van der Waals surface area contributed by atoms with Crippen molar-refractivity contribution in [2.45, 2.75) is 19.3 Å². The highest BCUT2D eigenvalue weighted by molar-refractivity contribution is 6.32. The lowest BCUT2D eigenvalue weighted by molar-refractivity contribution is -0.126. The molecule has 0 radical (unpaired) electrons. The van der Waals surface area contributed by atoms with E-state index in [4.69, 9.17) is 21.3 Å². The average molecular weight is 415 g/mol. The molecule has 0 fully saturated rings. The first-order chi connectivity index (χ1) is 13.8. The number of aromatic amines is 1. The maximum absolute atomic E-state index is 12.7. The van der Waals surface area contributed by atoms with Gasteiger partial charge >= 0.3 is 0 Å². The van der Waals surface area contributed by atoms with Crippen LogP contribution in [0.4, 0.5) is 0 Å². The molecule has 0 aliphatic heterocycles. The standard InChI is InChI=1S/C21H23ClN4O3/c1-21(2,20(28)24-10-11-29-3)19-25-17(13-6-8-23-9-7-13)18(26-19)14-4-5-15(22)16(27)12-14/h4-9,12,27H,10-11H2,1-3H3,(H,24,28)(H,25,26). The second-order valence-corrected chi connectivity index (χ2v) is 7.49. The fraction of sp³-hybridized carbons (Fsp3) is 0.286. The highest BCUT2D eigenvalue weighted by Gasteiger charge is 2.34. The Bertz CT molecular complexity index is 1000. The van der Waals surface area contributed by atoms with Crippen molar-refractivity contribution in [1.82, 2.24) is 20.3 Å². The van der Waals surface area contributed by atoms with Gasteiger partial charge in [0.2, 0.25) is 5.91 Å². The summed E-state index contributed by atoms with van der Waals surface area (Å²) >= 11 is 5.96. The molecule has 0 atom stereocenters. The number of H-pyrrole nitrogens is 1. The van der Waals surface area contributed by atoms with Crippen LogP contribution in [0.1, 0.15) is 19.7 Å². The van der Waals surface area contributed by atoms with E-state index in [2.05, 4.69) is 15.3 Å². The summed E-state index contributed by atoms with van der Waals surface area (Å²) in [5.41, 5.74) is 1.95. The summed E-state index contributed by atoms with van der Waals surface area (Å²) in [5.74, 6) is 0.296. The van der Waals surface area contributed by atoms with E-state index in [1.807, 2.05) is 12.1 Å². The molecule has 0 aliphatic rings. The number of amides is 1. The van der Waals surface area contributed by atoms with Crippen LogP contribution in [0.2, 0.25) is 5.02 Å². The molecule has 0 spiro atoms. The van der Waals surface area contributed by atoms with Crippen LogP contribution in [-0.4, -0.2) is 46.2 Å². The number of imidazole rings is 1. The topological polar surface area (TPSA) is 100 Å². The lowest BCUT2D eigenvalue weighted by Gasteiger charge is -2.21. The molecular weight excluding hydrogens is 392 g/mol. The van der Waals surface area contributed by atoms with Crippen molar-refractivity contribution >= 4 is 17.5 Å².